The van der Waals surface area contributed by atoms with Crippen LogP contribution in [0.2, 0.25) is 0 Å². The number of benzene rings is 1. The molecule has 0 unspecified atom stereocenters. The third-order valence-electron chi connectivity index (χ3n) is 1.69. The molecule has 0 amide bonds. The van der Waals surface area contributed by atoms with Crippen LogP contribution in [-0.4, -0.2) is 15.0 Å². The van der Waals surface area contributed by atoms with Gasteiger partial charge in [-0.1, -0.05) is 6.07 Å². The lowest BCUT2D eigenvalue weighted by atomic mass is 10.2. The van der Waals surface area contributed by atoms with Gasteiger partial charge in [0.2, 0.25) is 0 Å². The molecule has 0 spiro atoms. The summed E-state index contributed by atoms with van der Waals surface area (Å²) in [5.41, 5.74) is 0.616. The maximum absolute atomic E-state index is 9.26. The molecular formula is C8H7NO2. The van der Waals surface area contributed by atoms with Crippen molar-refractivity contribution >= 4 is 10.9 Å². The van der Waals surface area contributed by atoms with Gasteiger partial charge < -0.3 is 10.3 Å². The summed E-state index contributed by atoms with van der Waals surface area (Å²) in [6.45, 7) is 0. The monoisotopic (exact) mass is 149 g/mol. The van der Waals surface area contributed by atoms with E-state index in [4.69, 9.17) is 5.21 Å². The van der Waals surface area contributed by atoms with Gasteiger partial charge in [-0.05, 0) is 18.2 Å². The smallest absolute Gasteiger partial charge is 0.125 e. The normalized spacial score (nSPS) is 10.5. The molecule has 3 heteroatoms. The summed E-state index contributed by atoms with van der Waals surface area (Å²) in [6, 6.07) is 6.66. The number of nitrogens with zero attached hydrogens (tertiary/aromatic N) is 1. The SMILES string of the molecule is Oc1cccc2c1ccn2O. The van der Waals surface area contributed by atoms with Crippen LogP contribution >= 0.6 is 0 Å². The first-order valence-electron chi connectivity index (χ1n) is 3.27. The molecule has 0 aliphatic heterocycles. The molecule has 2 N–H and O–H groups in total. The fourth-order valence-electron chi connectivity index (χ4n) is 1.14. The number of phenolic OH excluding ortho intramolecular Hbond substituents is 1. The number of phenols is 1. The number of hydrogen-bond donors (Lipinski definition) is 2. The summed E-state index contributed by atoms with van der Waals surface area (Å²) in [4.78, 5) is 0. The highest BCUT2D eigenvalue weighted by Gasteiger charge is 2.01. The van der Waals surface area contributed by atoms with Crippen molar-refractivity contribution in [2.45, 2.75) is 0 Å². The molecule has 0 bridgehead atoms. The lowest BCUT2D eigenvalue weighted by molar-refractivity contribution is 0.200. The zero-order valence-corrected chi connectivity index (χ0v) is 5.73. The van der Waals surface area contributed by atoms with E-state index < -0.39 is 0 Å². The van der Waals surface area contributed by atoms with Crippen molar-refractivity contribution in [2.24, 2.45) is 0 Å². The van der Waals surface area contributed by atoms with Crippen molar-refractivity contribution in [1.82, 2.24) is 4.73 Å². The molecule has 0 fully saturated rings. The number of aromatic nitrogens is 1. The Morgan fingerprint density at radius 3 is 2.73 bits per heavy atom. The third-order valence-corrected chi connectivity index (χ3v) is 1.69. The topological polar surface area (TPSA) is 45.4 Å². The van der Waals surface area contributed by atoms with Crippen molar-refractivity contribution in [3.05, 3.63) is 30.5 Å². The first-order chi connectivity index (χ1) is 5.29. The van der Waals surface area contributed by atoms with Gasteiger partial charge >= 0.3 is 0 Å². The maximum atomic E-state index is 9.26. The molecule has 0 atom stereocenters. The average molecular weight is 149 g/mol. The molecular weight excluding hydrogens is 142 g/mol. The van der Waals surface area contributed by atoms with Gasteiger partial charge in [0.05, 0.1) is 5.52 Å². The lowest BCUT2D eigenvalue weighted by Crippen LogP contribution is -1.84. The Morgan fingerprint density at radius 2 is 2.00 bits per heavy atom. The highest BCUT2D eigenvalue weighted by Crippen LogP contribution is 2.23. The first kappa shape index (κ1) is 6.09. The van der Waals surface area contributed by atoms with E-state index in [0.29, 0.717) is 10.9 Å². The Morgan fingerprint density at radius 1 is 1.18 bits per heavy atom. The molecule has 3 nitrogen and oxygen atoms in total. The summed E-state index contributed by atoms with van der Waals surface area (Å²) < 4.78 is 0.981. The summed E-state index contributed by atoms with van der Waals surface area (Å²) in [7, 11) is 0. The third kappa shape index (κ3) is 0.741. The van der Waals surface area contributed by atoms with Crippen molar-refractivity contribution < 1.29 is 10.3 Å². The van der Waals surface area contributed by atoms with Gasteiger partial charge in [-0.3, -0.25) is 0 Å². The van der Waals surface area contributed by atoms with E-state index in [2.05, 4.69) is 0 Å². The van der Waals surface area contributed by atoms with Crippen molar-refractivity contribution in [3.63, 3.8) is 0 Å². The van der Waals surface area contributed by atoms with Crippen molar-refractivity contribution in [1.29, 1.82) is 0 Å². The van der Waals surface area contributed by atoms with Gasteiger partial charge in [0.15, 0.2) is 0 Å². The van der Waals surface area contributed by atoms with Gasteiger partial charge in [0.1, 0.15) is 5.75 Å². The van der Waals surface area contributed by atoms with Gasteiger partial charge in [0, 0.05) is 11.6 Å². The second-order valence-corrected chi connectivity index (χ2v) is 2.37. The van der Waals surface area contributed by atoms with Crippen LogP contribution < -0.4 is 0 Å². The van der Waals surface area contributed by atoms with Gasteiger partial charge in [0.25, 0.3) is 0 Å². The predicted molar refractivity (Wildman–Crippen MR) is 40.8 cm³/mol. The van der Waals surface area contributed by atoms with Gasteiger partial charge in [-0.25, -0.2) is 0 Å². The Balaban J connectivity index is 2.94. The largest absolute Gasteiger partial charge is 0.507 e. The fraction of sp³-hybridized carbons (Fsp3) is 0. The van der Waals surface area contributed by atoms with Crippen LogP contribution in [0, 0.1) is 0 Å². The van der Waals surface area contributed by atoms with E-state index in [0.717, 1.165) is 4.73 Å². The first-order valence-corrected chi connectivity index (χ1v) is 3.27. The molecule has 1 aromatic heterocycles. The molecule has 0 aliphatic carbocycles. The van der Waals surface area contributed by atoms with E-state index >= 15 is 0 Å². The van der Waals surface area contributed by atoms with E-state index in [1.165, 1.54) is 6.20 Å². The number of aromatic hydroxyl groups is 1. The zero-order valence-electron chi connectivity index (χ0n) is 5.73. The minimum Gasteiger partial charge on any atom is -0.507 e. The molecule has 11 heavy (non-hydrogen) atoms. The molecule has 0 saturated heterocycles. The van der Waals surface area contributed by atoms with Crippen LogP contribution in [0.3, 0.4) is 0 Å². The lowest BCUT2D eigenvalue weighted by Gasteiger charge is -1.94. The molecule has 56 valence electrons. The number of rotatable bonds is 0. The molecule has 0 radical (unpaired) electrons. The molecule has 1 heterocycles. The standard InChI is InChI=1S/C8H7NO2/c10-8-3-1-2-7-6(8)4-5-9(7)11/h1-5,10-11H. The van der Waals surface area contributed by atoms with Crippen LogP contribution in [0.5, 0.6) is 5.75 Å². The Kier molecular flexibility index (Phi) is 1.06. The van der Waals surface area contributed by atoms with Crippen LogP contribution in [0.1, 0.15) is 0 Å². The van der Waals surface area contributed by atoms with Crippen LogP contribution in [0.25, 0.3) is 10.9 Å². The molecule has 1 aromatic carbocycles. The molecule has 2 aromatic rings. The van der Waals surface area contributed by atoms with Crippen molar-refractivity contribution in [3.8, 4) is 5.75 Å². The minimum atomic E-state index is 0.190. The zero-order chi connectivity index (χ0) is 7.84. The van der Waals surface area contributed by atoms with Crippen LogP contribution in [-0.2, 0) is 0 Å². The summed E-state index contributed by atoms with van der Waals surface area (Å²) in [5.74, 6) is 0.190. The van der Waals surface area contributed by atoms with Gasteiger partial charge in [-0.15, -0.1) is 0 Å². The van der Waals surface area contributed by atoms with E-state index in [1.54, 1.807) is 24.3 Å². The molecule has 2 rings (SSSR count). The van der Waals surface area contributed by atoms with E-state index in [-0.39, 0.29) is 5.75 Å². The number of fused-ring (bicyclic) bond motifs is 1. The Bertz CT molecular complexity index is 392. The minimum absolute atomic E-state index is 0.190. The van der Waals surface area contributed by atoms with Crippen molar-refractivity contribution in [2.75, 3.05) is 0 Å². The molecule has 0 saturated carbocycles. The Labute approximate surface area is 63.1 Å². The maximum Gasteiger partial charge on any atom is 0.125 e. The fourth-order valence-corrected chi connectivity index (χ4v) is 1.14. The quantitative estimate of drug-likeness (QED) is 0.558. The summed E-state index contributed by atoms with van der Waals surface area (Å²) >= 11 is 0. The number of hydrogen-bond acceptors (Lipinski definition) is 2. The van der Waals surface area contributed by atoms with Crippen LogP contribution in [0.4, 0.5) is 0 Å². The summed E-state index contributed by atoms with van der Waals surface area (Å²) in [6.07, 6.45) is 1.49. The average Bonchev–Trinajstić information content (AvgIpc) is 2.35. The molecule has 0 aliphatic rings. The highest BCUT2D eigenvalue weighted by molar-refractivity contribution is 5.85. The summed E-state index contributed by atoms with van der Waals surface area (Å²) in [5, 5.41) is 19.1. The van der Waals surface area contributed by atoms with Crippen LogP contribution in [0.15, 0.2) is 30.5 Å². The predicted octanol–water partition coefficient (Wildman–Crippen LogP) is 1.58. The Hall–Kier alpha value is -1.64. The second-order valence-electron chi connectivity index (χ2n) is 2.37. The van der Waals surface area contributed by atoms with E-state index in [1.807, 2.05) is 0 Å². The van der Waals surface area contributed by atoms with Gasteiger partial charge in [-0.2, -0.15) is 4.73 Å². The highest BCUT2D eigenvalue weighted by atomic mass is 16.5. The second kappa shape index (κ2) is 1.92. The van der Waals surface area contributed by atoms with E-state index in [9.17, 15) is 5.11 Å².